The molecule has 9 heteroatoms. The third-order valence-corrected chi connectivity index (χ3v) is 5.84. The molecule has 0 radical (unpaired) electrons. The molecule has 0 fully saturated rings. The van der Waals surface area contributed by atoms with Gasteiger partial charge in [0, 0.05) is 31.3 Å². The maximum Gasteiger partial charge on any atom is 0.306 e. The van der Waals surface area contributed by atoms with E-state index in [4.69, 9.17) is 21.4 Å². The highest BCUT2D eigenvalue weighted by molar-refractivity contribution is 6.37. The molecule has 0 bridgehead atoms. The summed E-state index contributed by atoms with van der Waals surface area (Å²) in [5.41, 5.74) is 3.94. The fourth-order valence-corrected chi connectivity index (χ4v) is 4.03. The molecule has 176 valence electrons. The average Bonchev–Trinajstić information content (AvgIpc) is 3.28. The van der Waals surface area contributed by atoms with Crippen LogP contribution in [0.4, 0.5) is 5.82 Å². The molecule has 34 heavy (non-hydrogen) atoms. The minimum Gasteiger partial charge on any atom is -0.493 e. The second kappa shape index (κ2) is 10.6. The van der Waals surface area contributed by atoms with E-state index >= 15 is 0 Å². The number of ether oxygens (including phenoxy) is 1. The fraction of sp³-hybridized carbons (Fsp3) is 0.240. The number of hydrogen-bond acceptors (Lipinski definition) is 6. The van der Waals surface area contributed by atoms with Crippen molar-refractivity contribution < 1.29 is 24.5 Å². The number of aliphatic carboxylic acids is 1. The van der Waals surface area contributed by atoms with Crippen LogP contribution in [0.25, 0.3) is 11.1 Å². The number of aliphatic hydroxyl groups is 1. The summed E-state index contributed by atoms with van der Waals surface area (Å²) in [5, 5.41) is 24.3. The quantitative estimate of drug-likeness (QED) is 0.369. The van der Waals surface area contributed by atoms with E-state index in [9.17, 15) is 14.7 Å². The number of nitrogens with one attached hydrogen (secondary N) is 2. The molecule has 0 saturated carbocycles. The predicted molar refractivity (Wildman–Crippen MR) is 128 cm³/mol. The Kier molecular flexibility index (Phi) is 7.42. The van der Waals surface area contributed by atoms with Gasteiger partial charge in [0.25, 0.3) is 5.91 Å². The van der Waals surface area contributed by atoms with Crippen LogP contribution in [-0.4, -0.2) is 46.3 Å². The Bertz CT molecular complexity index is 1200. The number of amides is 1. The van der Waals surface area contributed by atoms with Gasteiger partial charge in [-0.2, -0.15) is 0 Å². The number of hydrogen-bond donors (Lipinski definition) is 4. The van der Waals surface area contributed by atoms with Crippen LogP contribution in [0, 0.1) is 0 Å². The van der Waals surface area contributed by atoms with E-state index in [1.54, 1.807) is 30.5 Å². The second-order valence-corrected chi connectivity index (χ2v) is 8.35. The van der Waals surface area contributed by atoms with Gasteiger partial charge >= 0.3 is 5.97 Å². The number of aromatic nitrogens is 1. The van der Waals surface area contributed by atoms with Crippen molar-refractivity contribution in [3.05, 3.63) is 76.4 Å². The number of carbonyl (C=O) groups is 2. The maximum absolute atomic E-state index is 12.9. The zero-order valence-corrected chi connectivity index (χ0v) is 19.0. The first kappa shape index (κ1) is 23.7. The van der Waals surface area contributed by atoms with Crippen molar-refractivity contribution in [2.24, 2.45) is 0 Å². The summed E-state index contributed by atoms with van der Waals surface area (Å²) >= 11 is 6.61. The van der Waals surface area contributed by atoms with E-state index in [2.05, 4.69) is 15.6 Å². The molecule has 1 aliphatic heterocycles. The average molecular weight is 482 g/mol. The number of nitrogens with zero attached hydrogens (tertiary/aromatic N) is 1. The van der Waals surface area contributed by atoms with Gasteiger partial charge in [-0.3, -0.25) is 9.59 Å². The lowest BCUT2D eigenvalue weighted by Gasteiger charge is -2.12. The number of carboxylic acid groups (broad SMARTS) is 1. The SMILES string of the molecule is O=C(O)CC(O)CNCc1ccc(NC(=O)c2cccc(-c3ccc4c(c3)OCC4)c2Cl)nc1. The number of carbonyl (C=O) groups excluding carboxylic acids is 1. The van der Waals surface area contributed by atoms with Gasteiger partial charge in [0.05, 0.1) is 29.7 Å². The molecule has 0 saturated heterocycles. The van der Waals surface area contributed by atoms with Crippen molar-refractivity contribution in [2.45, 2.75) is 25.5 Å². The minimum atomic E-state index is -1.05. The molecule has 4 rings (SSSR count). The summed E-state index contributed by atoms with van der Waals surface area (Å²) in [6, 6.07) is 14.7. The molecule has 3 aromatic rings. The molecule has 4 N–H and O–H groups in total. The van der Waals surface area contributed by atoms with Gasteiger partial charge in [0.15, 0.2) is 0 Å². The lowest BCUT2D eigenvalue weighted by molar-refractivity contribution is -0.139. The maximum atomic E-state index is 12.9. The second-order valence-electron chi connectivity index (χ2n) is 7.98. The lowest BCUT2D eigenvalue weighted by Crippen LogP contribution is -2.28. The van der Waals surface area contributed by atoms with Crippen molar-refractivity contribution in [2.75, 3.05) is 18.5 Å². The Hall–Kier alpha value is -3.46. The third-order valence-electron chi connectivity index (χ3n) is 5.44. The van der Waals surface area contributed by atoms with Crippen LogP contribution in [0.1, 0.15) is 27.9 Å². The molecule has 2 aromatic carbocycles. The van der Waals surface area contributed by atoms with Gasteiger partial charge in [0.2, 0.25) is 0 Å². The van der Waals surface area contributed by atoms with E-state index in [0.717, 1.165) is 34.4 Å². The van der Waals surface area contributed by atoms with Gasteiger partial charge < -0.3 is 25.6 Å². The predicted octanol–water partition coefficient (Wildman–Crippen LogP) is 3.51. The van der Waals surface area contributed by atoms with E-state index in [0.29, 0.717) is 29.6 Å². The Labute approximate surface area is 201 Å². The molecule has 0 spiro atoms. The van der Waals surface area contributed by atoms with Gasteiger partial charge in [0.1, 0.15) is 11.6 Å². The Morgan fingerprint density at radius 3 is 2.79 bits per heavy atom. The van der Waals surface area contributed by atoms with Crippen LogP contribution < -0.4 is 15.4 Å². The zero-order valence-electron chi connectivity index (χ0n) is 18.3. The first-order valence-corrected chi connectivity index (χ1v) is 11.2. The molecule has 1 aromatic heterocycles. The number of pyridine rings is 1. The van der Waals surface area contributed by atoms with Crippen molar-refractivity contribution in [3.63, 3.8) is 0 Å². The topological polar surface area (TPSA) is 121 Å². The van der Waals surface area contributed by atoms with Crippen LogP contribution in [0.3, 0.4) is 0 Å². The monoisotopic (exact) mass is 481 g/mol. The first-order valence-electron chi connectivity index (χ1n) is 10.8. The van der Waals surface area contributed by atoms with Crippen LogP contribution in [0.2, 0.25) is 5.02 Å². The van der Waals surface area contributed by atoms with E-state index in [-0.39, 0.29) is 18.9 Å². The Balaban J connectivity index is 1.39. The summed E-state index contributed by atoms with van der Waals surface area (Å²) in [6.45, 7) is 1.22. The number of benzene rings is 2. The van der Waals surface area contributed by atoms with Crippen LogP contribution >= 0.6 is 11.6 Å². The molecular weight excluding hydrogens is 458 g/mol. The summed E-state index contributed by atoms with van der Waals surface area (Å²) in [4.78, 5) is 27.7. The number of anilines is 1. The smallest absolute Gasteiger partial charge is 0.306 e. The molecule has 1 unspecified atom stereocenters. The normalized spacial score (nSPS) is 13.1. The minimum absolute atomic E-state index is 0.149. The summed E-state index contributed by atoms with van der Waals surface area (Å²) < 4.78 is 5.65. The fourth-order valence-electron chi connectivity index (χ4n) is 3.71. The number of fused-ring (bicyclic) bond motifs is 1. The molecule has 8 nitrogen and oxygen atoms in total. The number of rotatable bonds is 9. The highest BCUT2D eigenvalue weighted by Crippen LogP contribution is 2.35. The number of halogens is 1. The van der Waals surface area contributed by atoms with E-state index < -0.39 is 12.1 Å². The highest BCUT2D eigenvalue weighted by atomic mass is 35.5. The van der Waals surface area contributed by atoms with Crippen LogP contribution in [-0.2, 0) is 17.8 Å². The van der Waals surface area contributed by atoms with Crippen molar-refractivity contribution in [1.29, 1.82) is 0 Å². The lowest BCUT2D eigenvalue weighted by atomic mass is 10.0. The van der Waals surface area contributed by atoms with Gasteiger partial charge in [-0.05, 0) is 34.9 Å². The van der Waals surface area contributed by atoms with Gasteiger partial charge in [-0.1, -0.05) is 41.9 Å². The van der Waals surface area contributed by atoms with E-state index in [1.807, 2.05) is 24.3 Å². The van der Waals surface area contributed by atoms with Crippen molar-refractivity contribution >= 4 is 29.3 Å². The molecule has 0 aliphatic carbocycles. The zero-order chi connectivity index (χ0) is 24.1. The standard InChI is InChI=1S/C25H24ClN3O5/c26-24-19(17-6-5-16-8-9-34-21(16)10-17)2-1-3-20(24)25(33)29-22-7-4-15(13-28-22)12-27-14-18(30)11-23(31)32/h1-7,10,13,18,27,30H,8-9,11-12,14H2,(H,31,32)(H,28,29,33). The first-order chi connectivity index (χ1) is 16.4. The Morgan fingerprint density at radius 2 is 2.03 bits per heavy atom. The van der Waals surface area contributed by atoms with Crippen molar-refractivity contribution in [3.8, 4) is 16.9 Å². The Morgan fingerprint density at radius 1 is 1.18 bits per heavy atom. The molecule has 1 aliphatic rings. The number of carboxylic acids is 1. The molecular formula is C25H24ClN3O5. The van der Waals surface area contributed by atoms with Crippen molar-refractivity contribution in [1.82, 2.24) is 10.3 Å². The van der Waals surface area contributed by atoms with Gasteiger partial charge in [-0.25, -0.2) is 4.98 Å². The van der Waals surface area contributed by atoms with E-state index in [1.165, 1.54) is 0 Å². The largest absolute Gasteiger partial charge is 0.493 e. The molecule has 1 atom stereocenters. The van der Waals surface area contributed by atoms with Crippen LogP contribution in [0.5, 0.6) is 5.75 Å². The highest BCUT2D eigenvalue weighted by Gasteiger charge is 2.18. The van der Waals surface area contributed by atoms with Crippen LogP contribution in [0.15, 0.2) is 54.7 Å². The third kappa shape index (κ3) is 5.72. The van der Waals surface area contributed by atoms with Gasteiger partial charge in [-0.15, -0.1) is 0 Å². The number of aliphatic hydroxyl groups excluding tert-OH is 1. The molecule has 2 heterocycles. The summed E-state index contributed by atoms with van der Waals surface area (Å²) in [7, 11) is 0. The summed E-state index contributed by atoms with van der Waals surface area (Å²) in [6.07, 6.45) is 1.20. The molecule has 1 amide bonds. The summed E-state index contributed by atoms with van der Waals surface area (Å²) in [5.74, 6) is -0.215.